The number of primary amides is 1. The smallest absolute Gasteiger partial charge is 0.268 e. The predicted octanol–water partition coefficient (Wildman–Crippen LogP) is 3.86. The van der Waals surface area contributed by atoms with Crippen LogP contribution in [-0.2, 0) is 22.7 Å². The molecule has 0 radical (unpaired) electrons. The summed E-state index contributed by atoms with van der Waals surface area (Å²) in [6.07, 6.45) is 2.99. The first kappa shape index (κ1) is 29.2. The number of amides is 3. The lowest BCUT2D eigenvalue weighted by Crippen LogP contribution is -2.48. The van der Waals surface area contributed by atoms with Crippen molar-refractivity contribution in [1.82, 2.24) is 20.3 Å². The number of nitrogens with one attached hydrogen (secondary N) is 1. The quantitative estimate of drug-likeness (QED) is 0.322. The van der Waals surface area contributed by atoms with Gasteiger partial charge in [0.25, 0.3) is 11.8 Å². The zero-order valence-electron chi connectivity index (χ0n) is 23.1. The number of aryl methyl sites for hydroxylation is 1. The van der Waals surface area contributed by atoms with Crippen molar-refractivity contribution < 1.29 is 18.8 Å². The molecule has 1 aliphatic heterocycles. The number of hydrazine groups is 1. The molecular formula is C29H35FN6O3S. The first-order chi connectivity index (χ1) is 19.2. The van der Waals surface area contributed by atoms with Crippen molar-refractivity contribution >= 4 is 34.7 Å². The summed E-state index contributed by atoms with van der Waals surface area (Å²) >= 11 is 1.32. The summed E-state index contributed by atoms with van der Waals surface area (Å²) < 4.78 is 13.7. The Balaban J connectivity index is 1.51. The number of rotatable bonds is 12. The fourth-order valence-electron chi connectivity index (χ4n) is 4.70. The number of hydrogen-bond acceptors (Lipinski definition) is 7. The average Bonchev–Trinajstić information content (AvgIpc) is 3.58. The molecule has 40 heavy (non-hydrogen) atoms. The number of unbranched alkanes of at least 4 members (excludes halogenated alkanes) is 2. The Morgan fingerprint density at radius 1 is 1.10 bits per heavy atom. The van der Waals surface area contributed by atoms with Gasteiger partial charge in [0, 0.05) is 43.3 Å². The molecule has 0 bridgehead atoms. The van der Waals surface area contributed by atoms with E-state index in [-0.39, 0.29) is 36.4 Å². The van der Waals surface area contributed by atoms with E-state index in [1.165, 1.54) is 23.5 Å². The fraction of sp³-hybridized carbons (Fsp3) is 0.379. The largest absolute Gasteiger partial charge is 0.364 e. The molecule has 0 atom stereocenters. The topological polar surface area (TPSA) is 112 Å². The predicted molar refractivity (Wildman–Crippen MR) is 154 cm³/mol. The summed E-state index contributed by atoms with van der Waals surface area (Å²) in [4.78, 5) is 43.9. The van der Waals surface area contributed by atoms with Gasteiger partial charge in [-0.2, -0.15) is 0 Å². The van der Waals surface area contributed by atoms with Crippen LogP contribution < -0.4 is 16.0 Å². The Morgan fingerprint density at radius 3 is 2.58 bits per heavy atom. The highest BCUT2D eigenvalue weighted by atomic mass is 32.1. The van der Waals surface area contributed by atoms with Crippen molar-refractivity contribution in [1.29, 1.82) is 0 Å². The molecule has 3 aromatic rings. The molecule has 1 aliphatic rings. The van der Waals surface area contributed by atoms with Crippen molar-refractivity contribution in [2.45, 2.75) is 46.2 Å². The maximum Gasteiger partial charge on any atom is 0.268 e. The number of carbonyl (C=O) groups excluding carboxylic acids is 3. The van der Waals surface area contributed by atoms with Crippen molar-refractivity contribution in [2.24, 2.45) is 5.73 Å². The van der Waals surface area contributed by atoms with Gasteiger partial charge in [0.05, 0.1) is 13.1 Å². The molecule has 3 amide bonds. The van der Waals surface area contributed by atoms with E-state index in [1.54, 1.807) is 28.4 Å². The minimum Gasteiger partial charge on any atom is -0.364 e. The molecule has 0 saturated carbocycles. The van der Waals surface area contributed by atoms with E-state index < -0.39 is 5.91 Å². The lowest BCUT2D eigenvalue weighted by molar-refractivity contribution is -0.145. The van der Waals surface area contributed by atoms with Crippen molar-refractivity contribution in [3.63, 3.8) is 0 Å². The summed E-state index contributed by atoms with van der Waals surface area (Å²) in [6.45, 7) is 5.53. The van der Waals surface area contributed by atoms with Gasteiger partial charge in [0.2, 0.25) is 5.91 Å². The molecule has 0 unspecified atom stereocenters. The van der Waals surface area contributed by atoms with Crippen LogP contribution in [0.2, 0.25) is 0 Å². The minimum atomic E-state index is -0.583. The lowest BCUT2D eigenvalue weighted by Gasteiger charge is -2.32. The van der Waals surface area contributed by atoms with Gasteiger partial charge in [-0.1, -0.05) is 25.8 Å². The first-order valence-electron chi connectivity index (χ1n) is 13.3. The molecular weight excluding hydrogens is 531 g/mol. The van der Waals surface area contributed by atoms with E-state index in [0.29, 0.717) is 24.6 Å². The van der Waals surface area contributed by atoms with Gasteiger partial charge in [0.1, 0.15) is 16.5 Å². The number of aromatic nitrogens is 1. The SMILES string of the molecule is CCCCCNC(=O)CN(CC(=O)N(C)N1Cc2ccc(F)cc2C1)c1ccc(-c2nc(C(N)=O)cs2)cc1C. The Hall–Kier alpha value is -3.83. The number of anilines is 1. The molecule has 2 aromatic carbocycles. The van der Waals surface area contributed by atoms with Crippen molar-refractivity contribution in [3.05, 3.63) is 70.0 Å². The Labute approximate surface area is 237 Å². The van der Waals surface area contributed by atoms with E-state index in [1.807, 2.05) is 30.1 Å². The molecule has 11 heteroatoms. The Bertz CT molecular complexity index is 1390. The maximum absolute atomic E-state index is 13.7. The van der Waals surface area contributed by atoms with Crippen LogP contribution in [0.3, 0.4) is 0 Å². The monoisotopic (exact) mass is 566 g/mol. The van der Waals surface area contributed by atoms with E-state index in [2.05, 4.69) is 17.2 Å². The van der Waals surface area contributed by atoms with Gasteiger partial charge >= 0.3 is 0 Å². The van der Waals surface area contributed by atoms with Crippen LogP contribution in [0, 0.1) is 12.7 Å². The summed E-state index contributed by atoms with van der Waals surface area (Å²) in [6, 6.07) is 10.3. The van der Waals surface area contributed by atoms with Crippen molar-refractivity contribution in [2.75, 3.05) is 31.6 Å². The second-order valence-corrected chi connectivity index (χ2v) is 10.8. The number of carbonyl (C=O) groups is 3. The van der Waals surface area contributed by atoms with Gasteiger partial charge < -0.3 is 16.0 Å². The number of nitrogens with two attached hydrogens (primary N) is 1. The molecule has 0 fully saturated rings. The molecule has 3 N–H and O–H groups in total. The normalized spacial score (nSPS) is 12.7. The van der Waals surface area contributed by atoms with Crippen LogP contribution in [0.25, 0.3) is 10.6 Å². The highest BCUT2D eigenvalue weighted by Crippen LogP contribution is 2.30. The molecule has 4 rings (SSSR count). The molecule has 212 valence electrons. The zero-order valence-corrected chi connectivity index (χ0v) is 23.9. The van der Waals surface area contributed by atoms with E-state index >= 15 is 0 Å². The van der Waals surface area contributed by atoms with Gasteiger partial charge in [-0.05, 0) is 60.4 Å². The third-order valence-corrected chi connectivity index (χ3v) is 7.85. The van der Waals surface area contributed by atoms with Crippen molar-refractivity contribution in [3.8, 4) is 10.6 Å². The third-order valence-electron chi connectivity index (χ3n) is 6.96. The summed E-state index contributed by atoms with van der Waals surface area (Å²) in [5, 5.41) is 8.65. The number of fused-ring (bicyclic) bond motifs is 1. The number of benzene rings is 2. The minimum absolute atomic E-state index is 0.0143. The molecule has 2 heterocycles. The van der Waals surface area contributed by atoms with Crippen LogP contribution in [0.1, 0.15) is 53.4 Å². The van der Waals surface area contributed by atoms with Crippen LogP contribution in [0.15, 0.2) is 41.8 Å². The molecule has 0 spiro atoms. The first-order valence-corrected chi connectivity index (χ1v) is 14.2. The number of nitrogens with zero attached hydrogens (tertiary/aromatic N) is 4. The third kappa shape index (κ3) is 7.02. The average molecular weight is 567 g/mol. The number of hydrogen-bond donors (Lipinski definition) is 2. The second kappa shape index (κ2) is 13.0. The standard InChI is InChI=1S/C29H35FN6O3S/c1-4-5-6-11-32-26(37)16-35(17-27(38)34(3)36-14-21-7-9-23(30)13-22(21)15-36)25-10-8-20(12-19(25)2)29-33-24(18-40-29)28(31)39/h7-10,12-13,18H,4-6,11,14-17H2,1-3H3,(H2,31,39)(H,32,37). The van der Waals surface area contributed by atoms with Crippen LogP contribution in [0.4, 0.5) is 10.1 Å². The second-order valence-electron chi connectivity index (χ2n) is 9.97. The van der Waals surface area contributed by atoms with Crippen LogP contribution in [0.5, 0.6) is 0 Å². The zero-order chi connectivity index (χ0) is 28.8. The summed E-state index contributed by atoms with van der Waals surface area (Å²) in [5.41, 5.74) is 9.81. The lowest BCUT2D eigenvalue weighted by atomic mass is 10.1. The van der Waals surface area contributed by atoms with E-state index in [9.17, 15) is 18.8 Å². The van der Waals surface area contributed by atoms with Gasteiger partial charge in [0.15, 0.2) is 0 Å². The number of thiazole rings is 1. The summed E-state index contributed by atoms with van der Waals surface area (Å²) in [5.74, 6) is -1.24. The summed E-state index contributed by atoms with van der Waals surface area (Å²) in [7, 11) is 1.70. The van der Waals surface area contributed by atoms with Crippen LogP contribution >= 0.6 is 11.3 Å². The highest BCUT2D eigenvalue weighted by molar-refractivity contribution is 7.13. The Kier molecular flexibility index (Phi) is 9.49. The number of halogens is 1. The number of likely N-dealkylation sites (N-methyl/N-ethyl adjacent to an activating group) is 1. The van der Waals surface area contributed by atoms with Gasteiger partial charge in [-0.25, -0.2) is 14.4 Å². The highest BCUT2D eigenvalue weighted by Gasteiger charge is 2.27. The van der Waals surface area contributed by atoms with Gasteiger partial charge in [-0.3, -0.25) is 19.4 Å². The Morgan fingerprint density at radius 2 is 1.88 bits per heavy atom. The van der Waals surface area contributed by atoms with E-state index in [0.717, 1.165) is 47.2 Å². The molecule has 1 aromatic heterocycles. The molecule has 9 nitrogen and oxygen atoms in total. The fourth-order valence-corrected chi connectivity index (χ4v) is 5.51. The maximum atomic E-state index is 13.7. The molecule has 0 saturated heterocycles. The van der Waals surface area contributed by atoms with E-state index in [4.69, 9.17) is 5.73 Å². The van der Waals surface area contributed by atoms with Crippen LogP contribution in [-0.4, -0.2) is 59.4 Å². The molecule has 0 aliphatic carbocycles. The van der Waals surface area contributed by atoms with Gasteiger partial charge in [-0.15, -0.1) is 11.3 Å².